The molecule has 1 aromatic heterocycles. The maximum atomic E-state index is 11.2. The summed E-state index contributed by atoms with van der Waals surface area (Å²) in [5.41, 5.74) is 1.73. The van der Waals surface area contributed by atoms with Gasteiger partial charge in [-0.05, 0) is 36.4 Å². The molecule has 1 saturated heterocycles. The normalized spacial score (nSPS) is 15.0. The summed E-state index contributed by atoms with van der Waals surface area (Å²) in [6.45, 7) is 4.66. The summed E-state index contributed by atoms with van der Waals surface area (Å²) in [6, 6.07) is 18.3. The monoisotopic (exact) mass is 398 g/mol. The van der Waals surface area contributed by atoms with Crippen molar-refractivity contribution in [3.63, 3.8) is 0 Å². The molecule has 1 fully saturated rings. The van der Waals surface area contributed by atoms with Crippen LogP contribution >= 0.6 is 11.6 Å². The third kappa shape index (κ3) is 4.03. The van der Waals surface area contributed by atoms with Crippen molar-refractivity contribution in [2.45, 2.75) is 6.54 Å². The molecule has 2 heterocycles. The molecular weight excluding hydrogens is 378 g/mol. The second-order valence-electron chi connectivity index (χ2n) is 6.93. The summed E-state index contributed by atoms with van der Waals surface area (Å²) in [5, 5.41) is 12.0. The molecule has 1 aliphatic heterocycles. The molecule has 0 atom stereocenters. The van der Waals surface area contributed by atoms with E-state index in [0.29, 0.717) is 11.3 Å². The van der Waals surface area contributed by atoms with Crippen LogP contribution in [0, 0.1) is 10.1 Å². The Hall–Kier alpha value is -2.83. The first-order valence-electron chi connectivity index (χ1n) is 9.27. The molecule has 1 N–H and O–H groups in total. The number of quaternary nitrogens is 1. The fourth-order valence-electron chi connectivity index (χ4n) is 3.64. The molecule has 0 saturated carbocycles. The highest BCUT2D eigenvalue weighted by Crippen LogP contribution is 2.30. The minimum Gasteiger partial charge on any atom is -0.455 e. The number of nitrogens with one attached hydrogen (secondary N) is 1. The van der Waals surface area contributed by atoms with Crippen LogP contribution in [0.15, 0.2) is 65.1 Å². The van der Waals surface area contributed by atoms with Gasteiger partial charge < -0.3 is 14.2 Å². The highest BCUT2D eigenvalue weighted by Gasteiger charge is 2.23. The fourth-order valence-corrected chi connectivity index (χ4v) is 3.82. The number of hydrogen-bond acceptors (Lipinski definition) is 4. The molecule has 7 heteroatoms. The predicted molar refractivity (Wildman–Crippen MR) is 109 cm³/mol. The quantitative estimate of drug-likeness (QED) is 0.528. The Kier molecular flexibility index (Phi) is 5.32. The number of piperazine rings is 1. The van der Waals surface area contributed by atoms with Gasteiger partial charge in [-0.2, -0.15) is 0 Å². The topological polar surface area (TPSA) is 64.0 Å². The minimum absolute atomic E-state index is 0.0610. The number of nitrogens with zero attached hydrogens (tertiary/aromatic N) is 2. The van der Waals surface area contributed by atoms with Gasteiger partial charge in [0.2, 0.25) is 0 Å². The molecule has 4 rings (SSSR count). The number of rotatable bonds is 5. The van der Waals surface area contributed by atoms with Crippen molar-refractivity contribution in [1.29, 1.82) is 0 Å². The molecule has 3 aromatic rings. The van der Waals surface area contributed by atoms with Crippen LogP contribution in [0.3, 0.4) is 0 Å². The number of furan rings is 1. The van der Waals surface area contributed by atoms with Crippen LogP contribution in [0.2, 0.25) is 5.02 Å². The molecule has 1 aliphatic rings. The zero-order valence-electron chi connectivity index (χ0n) is 15.3. The number of halogens is 1. The van der Waals surface area contributed by atoms with E-state index in [1.54, 1.807) is 18.2 Å². The van der Waals surface area contributed by atoms with Crippen LogP contribution in [0.25, 0.3) is 11.3 Å². The second kappa shape index (κ2) is 8.04. The molecule has 0 spiro atoms. The van der Waals surface area contributed by atoms with Crippen molar-refractivity contribution in [1.82, 2.24) is 0 Å². The number of nitro benzene ring substituents is 1. The van der Waals surface area contributed by atoms with E-state index < -0.39 is 0 Å². The zero-order chi connectivity index (χ0) is 19.5. The molecule has 0 aliphatic carbocycles. The molecule has 2 aromatic carbocycles. The van der Waals surface area contributed by atoms with Gasteiger partial charge in [0.1, 0.15) is 12.3 Å². The van der Waals surface area contributed by atoms with Gasteiger partial charge in [-0.1, -0.05) is 29.8 Å². The van der Waals surface area contributed by atoms with Gasteiger partial charge >= 0.3 is 0 Å². The van der Waals surface area contributed by atoms with Gasteiger partial charge in [-0.3, -0.25) is 10.1 Å². The van der Waals surface area contributed by atoms with E-state index in [2.05, 4.69) is 11.0 Å². The Morgan fingerprint density at radius 3 is 2.61 bits per heavy atom. The van der Waals surface area contributed by atoms with Crippen LogP contribution in [-0.4, -0.2) is 31.1 Å². The maximum absolute atomic E-state index is 11.2. The summed E-state index contributed by atoms with van der Waals surface area (Å²) in [6.07, 6.45) is 0. The first kappa shape index (κ1) is 18.5. The van der Waals surface area contributed by atoms with Gasteiger partial charge in [0, 0.05) is 16.8 Å². The SMILES string of the molecule is O=[N+]([O-])c1ccccc1-c1ccc(C[NH+]2CCN(c3cccc(Cl)c3)CC2)o1. The lowest BCUT2D eigenvalue weighted by atomic mass is 10.1. The van der Waals surface area contributed by atoms with E-state index in [9.17, 15) is 10.1 Å². The first-order chi connectivity index (χ1) is 13.6. The average molecular weight is 399 g/mol. The summed E-state index contributed by atoms with van der Waals surface area (Å²) < 4.78 is 5.93. The average Bonchev–Trinajstić information content (AvgIpc) is 3.17. The Morgan fingerprint density at radius 1 is 1.07 bits per heavy atom. The van der Waals surface area contributed by atoms with E-state index in [-0.39, 0.29) is 10.6 Å². The Morgan fingerprint density at radius 2 is 1.86 bits per heavy atom. The predicted octanol–water partition coefficient (Wildman–Crippen LogP) is 3.41. The lowest BCUT2D eigenvalue weighted by molar-refractivity contribution is -0.915. The second-order valence-corrected chi connectivity index (χ2v) is 7.37. The van der Waals surface area contributed by atoms with Gasteiger partial charge in [0.05, 0.1) is 36.7 Å². The Labute approximate surface area is 168 Å². The lowest BCUT2D eigenvalue weighted by Crippen LogP contribution is -3.13. The van der Waals surface area contributed by atoms with E-state index in [0.717, 1.165) is 49.2 Å². The number of hydrogen-bond donors (Lipinski definition) is 1. The first-order valence-corrected chi connectivity index (χ1v) is 9.64. The standard InChI is InChI=1S/C21H20ClN3O3/c22-16-4-3-5-17(14-16)24-12-10-23(11-13-24)15-18-8-9-21(28-18)19-6-1-2-7-20(19)25(26)27/h1-9,14H,10-13,15H2/p+1. The highest BCUT2D eigenvalue weighted by molar-refractivity contribution is 6.30. The van der Waals surface area contributed by atoms with Crippen molar-refractivity contribution in [2.24, 2.45) is 0 Å². The van der Waals surface area contributed by atoms with Gasteiger partial charge in [-0.15, -0.1) is 0 Å². The lowest BCUT2D eigenvalue weighted by Gasteiger charge is -2.33. The van der Waals surface area contributed by atoms with Crippen LogP contribution in [0.5, 0.6) is 0 Å². The van der Waals surface area contributed by atoms with Crippen LogP contribution < -0.4 is 9.80 Å². The van der Waals surface area contributed by atoms with Crippen molar-refractivity contribution >= 4 is 23.0 Å². The molecule has 0 amide bonds. The molecule has 0 radical (unpaired) electrons. The van der Waals surface area contributed by atoms with Crippen molar-refractivity contribution in [3.8, 4) is 11.3 Å². The molecule has 0 unspecified atom stereocenters. The van der Waals surface area contributed by atoms with Crippen LogP contribution in [-0.2, 0) is 6.54 Å². The molecule has 144 valence electrons. The molecule has 0 bridgehead atoms. The smallest absolute Gasteiger partial charge is 0.280 e. The summed E-state index contributed by atoms with van der Waals surface area (Å²) in [5.74, 6) is 1.39. The van der Waals surface area contributed by atoms with E-state index in [4.69, 9.17) is 16.0 Å². The summed E-state index contributed by atoms with van der Waals surface area (Å²) in [4.78, 5) is 14.6. The number of benzene rings is 2. The fraction of sp³-hybridized carbons (Fsp3) is 0.238. The van der Waals surface area contributed by atoms with E-state index in [1.807, 2.05) is 30.3 Å². The maximum Gasteiger partial charge on any atom is 0.280 e. The molecular formula is C21H21ClN3O3+. The van der Waals surface area contributed by atoms with Gasteiger partial charge in [0.25, 0.3) is 5.69 Å². The van der Waals surface area contributed by atoms with Crippen molar-refractivity contribution < 1.29 is 14.2 Å². The van der Waals surface area contributed by atoms with Gasteiger partial charge in [-0.25, -0.2) is 0 Å². The Bertz CT molecular complexity index is 980. The number of anilines is 1. The molecule has 6 nitrogen and oxygen atoms in total. The molecule has 28 heavy (non-hydrogen) atoms. The Balaban J connectivity index is 1.40. The number of para-hydroxylation sites is 1. The zero-order valence-corrected chi connectivity index (χ0v) is 16.1. The van der Waals surface area contributed by atoms with Crippen LogP contribution in [0.1, 0.15) is 5.76 Å². The van der Waals surface area contributed by atoms with Crippen molar-refractivity contribution in [2.75, 3.05) is 31.1 Å². The van der Waals surface area contributed by atoms with Crippen LogP contribution in [0.4, 0.5) is 11.4 Å². The highest BCUT2D eigenvalue weighted by atomic mass is 35.5. The minimum atomic E-state index is -0.377. The van der Waals surface area contributed by atoms with E-state index in [1.165, 1.54) is 11.0 Å². The number of nitro groups is 1. The summed E-state index contributed by atoms with van der Waals surface area (Å²) >= 11 is 6.10. The van der Waals surface area contributed by atoms with Gasteiger partial charge in [0.15, 0.2) is 5.76 Å². The third-order valence-electron chi connectivity index (χ3n) is 5.10. The third-order valence-corrected chi connectivity index (χ3v) is 5.33. The summed E-state index contributed by atoms with van der Waals surface area (Å²) in [7, 11) is 0. The largest absolute Gasteiger partial charge is 0.455 e. The van der Waals surface area contributed by atoms with E-state index >= 15 is 0 Å². The van der Waals surface area contributed by atoms with Crippen molar-refractivity contribution in [3.05, 3.63) is 81.6 Å².